The lowest BCUT2D eigenvalue weighted by Crippen LogP contribution is -2.27. The smallest absolute Gasteiger partial charge is 0.254 e. The van der Waals surface area contributed by atoms with E-state index in [0.717, 1.165) is 16.9 Å². The van der Waals surface area contributed by atoms with Gasteiger partial charge in [0.1, 0.15) is 5.75 Å². The zero-order chi connectivity index (χ0) is 17.8. The van der Waals surface area contributed by atoms with Crippen molar-refractivity contribution in [1.82, 2.24) is 15.0 Å². The number of carbonyl (C=O) groups excluding carboxylic acids is 1. The quantitative estimate of drug-likeness (QED) is 0.714. The first-order valence-electron chi connectivity index (χ1n) is 7.86. The minimum atomic E-state index is -0.0812. The monoisotopic (exact) mass is 337 g/mol. The fourth-order valence-corrected chi connectivity index (χ4v) is 2.47. The van der Waals surface area contributed by atoms with Gasteiger partial charge in [-0.3, -0.25) is 4.79 Å². The number of aromatic nitrogens is 2. The minimum Gasteiger partial charge on any atom is -0.497 e. The molecule has 0 N–H and O–H groups in total. The van der Waals surface area contributed by atoms with Gasteiger partial charge in [0.25, 0.3) is 5.91 Å². The zero-order valence-corrected chi connectivity index (χ0v) is 14.4. The molecule has 0 aliphatic heterocycles. The van der Waals surface area contributed by atoms with E-state index in [9.17, 15) is 4.79 Å². The van der Waals surface area contributed by atoms with Crippen molar-refractivity contribution < 1.29 is 14.1 Å². The molecule has 0 saturated carbocycles. The van der Waals surface area contributed by atoms with Crippen molar-refractivity contribution in [2.45, 2.75) is 13.5 Å². The van der Waals surface area contributed by atoms with Crippen LogP contribution in [0.25, 0.3) is 11.4 Å². The Bertz CT molecular complexity index is 872. The maximum atomic E-state index is 12.5. The second-order valence-electron chi connectivity index (χ2n) is 5.72. The summed E-state index contributed by atoms with van der Waals surface area (Å²) in [6, 6.07) is 14.9. The molecule has 6 nitrogen and oxygen atoms in total. The molecule has 0 saturated heterocycles. The molecule has 0 aliphatic rings. The molecule has 0 bridgehead atoms. The van der Waals surface area contributed by atoms with Gasteiger partial charge in [-0.15, -0.1) is 0 Å². The molecule has 1 aromatic heterocycles. The number of amides is 1. The lowest BCUT2D eigenvalue weighted by Gasteiger charge is -2.16. The molecule has 1 heterocycles. The predicted molar refractivity (Wildman–Crippen MR) is 93.3 cm³/mol. The van der Waals surface area contributed by atoms with Gasteiger partial charge in [-0.05, 0) is 42.8 Å². The third-order valence-electron chi connectivity index (χ3n) is 3.91. The van der Waals surface area contributed by atoms with Gasteiger partial charge in [0.05, 0.1) is 13.7 Å². The van der Waals surface area contributed by atoms with Crippen LogP contribution in [-0.2, 0) is 6.54 Å². The van der Waals surface area contributed by atoms with Crippen LogP contribution in [0.3, 0.4) is 0 Å². The first-order chi connectivity index (χ1) is 12.1. The SMILES string of the molecule is COc1ccc(-c2noc(CN(C)C(=O)c3ccccc3C)n2)cc1. The second-order valence-corrected chi connectivity index (χ2v) is 5.72. The van der Waals surface area contributed by atoms with Crippen LogP contribution >= 0.6 is 0 Å². The maximum Gasteiger partial charge on any atom is 0.254 e. The van der Waals surface area contributed by atoms with Crippen LogP contribution in [0.1, 0.15) is 21.8 Å². The van der Waals surface area contributed by atoms with Crippen LogP contribution in [0.15, 0.2) is 53.1 Å². The van der Waals surface area contributed by atoms with Gasteiger partial charge in [0.15, 0.2) is 0 Å². The summed E-state index contributed by atoms with van der Waals surface area (Å²) >= 11 is 0. The molecule has 1 amide bonds. The first-order valence-corrected chi connectivity index (χ1v) is 7.86. The molecule has 3 aromatic rings. The van der Waals surface area contributed by atoms with E-state index in [1.165, 1.54) is 0 Å². The van der Waals surface area contributed by atoms with Crippen molar-refractivity contribution in [3.05, 3.63) is 65.5 Å². The van der Waals surface area contributed by atoms with Gasteiger partial charge in [-0.25, -0.2) is 0 Å². The Balaban J connectivity index is 1.72. The van der Waals surface area contributed by atoms with Gasteiger partial charge in [-0.2, -0.15) is 4.98 Å². The number of benzene rings is 2. The fourth-order valence-electron chi connectivity index (χ4n) is 2.47. The highest BCUT2D eigenvalue weighted by atomic mass is 16.5. The number of nitrogens with zero attached hydrogens (tertiary/aromatic N) is 3. The summed E-state index contributed by atoms with van der Waals surface area (Å²) in [6.07, 6.45) is 0. The van der Waals surface area contributed by atoms with Crippen LogP contribution in [-0.4, -0.2) is 35.1 Å². The van der Waals surface area contributed by atoms with Crippen molar-refractivity contribution in [2.75, 3.05) is 14.2 Å². The molecule has 3 rings (SSSR count). The van der Waals surface area contributed by atoms with Gasteiger partial charge < -0.3 is 14.2 Å². The molecular formula is C19H19N3O3. The van der Waals surface area contributed by atoms with E-state index >= 15 is 0 Å². The van der Waals surface area contributed by atoms with Crippen molar-refractivity contribution >= 4 is 5.91 Å². The topological polar surface area (TPSA) is 68.5 Å². The number of carbonyl (C=O) groups is 1. The van der Waals surface area contributed by atoms with Crippen molar-refractivity contribution in [3.8, 4) is 17.1 Å². The summed E-state index contributed by atoms with van der Waals surface area (Å²) in [5, 5.41) is 3.98. The lowest BCUT2D eigenvalue weighted by molar-refractivity contribution is 0.0769. The van der Waals surface area contributed by atoms with E-state index in [4.69, 9.17) is 9.26 Å². The molecule has 0 fully saturated rings. The largest absolute Gasteiger partial charge is 0.497 e. The molecule has 6 heteroatoms. The standard InChI is InChI=1S/C19H19N3O3/c1-13-6-4-5-7-16(13)19(23)22(2)12-17-20-18(21-25-17)14-8-10-15(24-3)11-9-14/h4-11H,12H2,1-3H3. The van der Waals surface area contributed by atoms with Crippen molar-refractivity contribution in [1.29, 1.82) is 0 Å². The summed E-state index contributed by atoms with van der Waals surface area (Å²) in [5.74, 6) is 1.54. The van der Waals surface area contributed by atoms with E-state index in [-0.39, 0.29) is 12.5 Å². The number of aryl methyl sites for hydroxylation is 1. The second kappa shape index (κ2) is 7.17. The molecule has 2 aromatic carbocycles. The Morgan fingerprint density at radius 1 is 1.16 bits per heavy atom. The number of ether oxygens (including phenoxy) is 1. The van der Waals surface area contributed by atoms with Crippen molar-refractivity contribution in [2.24, 2.45) is 0 Å². The minimum absolute atomic E-state index is 0.0812. The van der Waals surface area contributed by atoms with E-state index in [2.05, 4.69) is 10.1 Å². The maximum absolute atomic E-state index is 12.5. The molecule has 0 aliphatic carbocycles. The molecule has 0 radical (unpaired) electrons. The highest BCUT2D eigenvalue weighted by Crippen LogP contribution is 2.20. The Morgan fingerprint density at radius 3 is 2.56 bits per heavy atom. The lowest BCUT2D eigenvalue weighted by atomic mass is 10.1. The summed E-state index contributed by atoms with van der Waals surface area (Å²) in [5.41, 5.74) is 2.42. The number of hydrogen-bond acceptors (Lipinski definition) is 5. The van der Waals surface area contributed by atoms with E-state index in [1.807, 2.05) is 55.5 Å². The molecule has 128 valence electrons. The van der Waals surface area contributed by atoms with Crippen LogP contribution in [0, 0.1) is 6.92 Å². The van der Waals surface area contributed by atoms with Crippen LogP contribution in [0.4, 0.5) is 0 Å². The average molecular weight is 337 g/mol. The number of rotatable bonds is 5. The molecule has 0 spiro atoms. The summed E-state index contributed by atoms with van der Waals surface area (Å²) in [7, 11) is 3.33. The molecular weight excluding hydrogens is 318 g/mol. The Morgan fingerprint density at radius 2 is 1.88 bits per heavy atom. The first kappa shape index (κ1) is 16.7. The number of methoxy groups -OCH3 is 1. The number of hydrogen-bond donors (Lipinski definition) is 0. The highest BCUT2D eigenvalue weighted by Gasteiger charge is 2.17. The van der Waals surface area contributed by atoms with E-state index in [1.54, 1.807) is 19.1 Å². The van der Waals surface area contributed by atoms with Crippen LogP contribution < -0.4 is 4.74 Å². The average Bonchev–Trinajstić information content (AvgIpc) is 3.10. The third-order valence-corrected chi connectivity index (χ3v) is 3.91. The van der Waals surface area contributed by atoms with Gasteiger partial charge in [0, 0.05) is 18.2 Å². The van der Waals surface area contributed by atoms with Crippen molar-refractivity contribution in [3.63, 3.8) is 0 Å². The van der Waals surface area contributed by atoms with E-state index in [0.29, 0.717) is 17.3 Å². The Labute approximate surface area is 146 Å². The zero-order valence-electron chi connectivity index (χ0n) is 14.4. The van der Waals surface area contributed by atoms with Crippen LogP contribution in [0.2, 0.25) is 0 Å². The fraction of sp³-hybridized carbons (Fsp3) is 0.211. The van der Waals surface area contributed by atoms with Crippen LogP contribution in [0.5, 0.6) is 5.75 Å². The highest BCUT2D eigenvalue weighted by molar-refractivity contribution is 5.95. The Hall–Kier alpha value is -3.15. The molecule has 0 unspecified atom stereocenters. The normalized spacial score (nSPS) is 10.5. The summed E-state index contributed by atoms with van der Waals surface area (Å²) in [6.45, 7) is 2.16. The third kappa shape index (κ3) is 3.68. The van der Waals surface area contributed by atoms with Gasteiger partial charge >= 0.3 is 0 Å². The summed E-state index contributed by atoms with van der Waals surface area (Å²) in [4.78, 5) is 18.5. The van der Waals surface area contributed by atoms with Gasteiger partial charge in [-0.1, -0.05) is 23.4 Å². The predicted octanol–water partition coefficient (Wildman–Crippen LogP) is 3.33. The van der Waals surface area contributed by atoms with E-state index < -0.39 is 0 Å². The summed E-state index contributed by atoms with van der Waals surface area (Å²) < 4.78 is 10.4. The molecule has 0 atom stereocenters. The van der Waals surface area contributed by atoms with Gasteiger partial charge in [0.2, 0.25) is 11.7 Å². The molecule has 25 heavy (non-hydrogen) atoms. The Kier molecular flexibility index (Phi) is 4.79.